The predicted octanol–water partition coefficient (Wildman–Crippen LogP) is 3.73. The molecule has 0 saturated carbocycles. The number of nitrogens with zero attached hydrogens (tertiary/aromatic N) is 3. The number of rotatable bonds is 4. The Morgan fingerprint density at radius 1 is 1.10 bits per heavy atom. The Balaban J connectivity index is 1.71. The van der Waals surface area contributed by atoms with E-state index in [0.717, 1.165) is 16.8 Å². The summed E-state index contributed by atoms with van der Waals surface area (Å²) in [5.41, 5.74) is 3.41. The molecule has 2 atom stereocenters. The Labute approximate surface area is 186 Å². The lowest BCUT2D eigenvalue weighted by Gasteiger charge is -2.35. The standard InChI is InChI=1S/C24H27N3O3S/c1-15-9-16(2)11-19(10-15)27-23(29)20-7-5-6-8-21(20)25-24(27)31-14-22(28)26-12-17(3)30-18(4)13-26/h5-11,17-18H,12-14H2,1-4H3. The number of aryl methyl sites for hydroxylation is 2. The lowest BCUT2D eigenvalue weighted by molar-refractivity contribution is -0.140. The van der Waals surface area contributed by atoms with Gasteiger partial charge in [-0.05, 0) is 63.1 Å². The maximum atomic E-state index is 13.4. The van der Waals surface area contributed by atoms with Crippen molar-refractivity contribution in [3.63, 3.8) is 0 Å². The molecule has 1 fully saturated rings. The molecule has 6 nitrogen and oxygen atoms in total. The molecule has 7 heteroatoms. The van der Waals surface area contributed by atoms with Gasteiger partial charge in [0.2, 0.25) is 5.91 Å². The third-order valence-corrected chi connectivity index (χ3v) is 6.23. The maximum absolute atomic E-state index is 13.4. The highest BCUT2D eigenvalue weighted by Gasteiger charge is 2.26. The second-order valence-electron chi connectivity index (χ2n) is 8.24. The predicted molar refractivity (Wildman–Crippen MR) is 124 cm³/mol. The van der Waals surface area contributed by atoms with Crippen LogP contribution in [0.15, 0.2) is 52.4 Å². The van der Waals surface area contributed by atoms with Crippen LogP contribution in [0.1, 0.15) is 25.0 Å². The Kier molecular flexibility index (Phi) is 6.16. The van der Waals surface area contributed by atoms with Crippen molar-refractivity contribution in [1.82, 2.24) is 14.5 Å². The summed E-state index contributed by atoms with van der Waals surface area (Å²) in [6.07, 6.45) is 0.0369. The second kappa shape index (κ2) is 8.85. The Bertz CT molecular complexity index is 1160. The van der Waals surface area contributed by atoms with Gasteiger partial charge in [0.15, 0.2) is 5.16 Å². The van der Waals surface area contributed by atoms with Crippen LogP contribution in [0.4, 0.5) is 0 Å². The van der Waals surface area contributed by atoms with Gasteiger partial charge in [0.25, 0.3) is 5.56 Å². The molecule has 0 aliphatic carbocycles. The Morgan fingerprint density at radius 2 is 1.74 bits per heavy atom. The average molecular weight is 438 g/mol. The van der Waals surface area contributed by atoms with E-state index in [2.05, 4.69) is 6.07 Å². The highest BCUT2D eigenvalue weighted by atomic mass is 32.2. The van der Waals surface area contributed by atoms with E-state index in [1.807, 2.05) is 62.9 Å². The number of aromatic nitrogens is 2. The summed E-state index contributed by atoms with van der Waals surface area (Å²) in [7, 11) is 0. The van der Waals surface area contributed by atoms with E-state index in [4.69, 9.17) is 9.72 Å². The minimum atomic E-state index is -0.126. The quantitative estimate of drug-likeness (QED) is 0.460. The van der Waals surface area contributed by atoms with Crippen LogP contribution in [0.2, 0.25) is 0 Å². The van der Waals surface area contributed by atoms with Crippen molar-refractivity contribution in [3.8, 4) is 5.69 Å². The third-order valence-electron chi connectivity index (χ3n) is 5.31. The minimum absolute atomic E-state index is 0.0185. The van der Waals surface area contributed by atoms with Crippen LogP contribution >= 0.6 is 11.8 Å². The van der Waals surface area contributed by atoms with Gasteiger partial charge in [0, 0.05) is 13.1 Å². The number of carbonyl (C=O) groups is 1. The van der Waals surface area contributed by atoms with Crippen LogP contribution in [-0.4, -0.2) is 51.4 Å². The first-order valence-corrected chi connectivity index (χ1v) is 11.5. The van der Waals surface area contributed by atoms with Gasteiger partial charge in [-0.1, -0.05) is 30.0 Å². The third kappa shape index (κ3) is 4.67. The van der Waals surface area contributed by atoms with Gasteiger partial charge in [-0.2, -0.15) is 0 Å². The molecule has 3 aromatic rings. The number of morpholine rings is 1. The normalized spacial score (nSPS) is 19.0. The van der Waals surface area contributed by atoms with Gasteiger partial charge in [0.05, 0.1) is 34.6 Å². The van der Waals surface area contributed by atoms with E-state index in [9.17, 15) is 9.59 Å². The number of thioether (sulfide) groups is 1. The van der Waals surface area contributed by atoms with Crippen molar-refractivity contribution in [2.24, 2.45) is 0 Å². The van der Waals surface area contributed by atoms with Crippen LogP contribution in [-0.2, 0) is 9.53 Å². The van der Waals surface area contributed by atoms with Gasteiger partial charge in [-0.3, -0.25) is 14.2 Å². The molecule has 4 rings (SSSR count). The van der Waals surface area contributed by atoms with E-state index in [1.165, 1.54) is 11.8 Å². The first-order valence-electron chi connectivity index (χ1n) is 10.5. The number of carbonyl (C=O) groups excluding carboxylic acids is 1. The summed E-state index contributed by atoms with van der Waals surface area (Å²) < 4.78 is 7.36. The molecule has 1 aliphatic rings. The van der Waals surface area contributed by atoms with Crippen molar-refractivity contribution in [1.29, 1.82) is 0 Å². The van der Waals surface area contributed by atoms with Crippen LogP contribution in [0.3, 0.4) is 0 Å². The summed E-state index contributed by atoms with van der Waals surface area (Å²) in [5.74, 6) is 0.246. The van der Waals surface area contributed by atoms with Crippen LogP contribution in [0.5, 0.6) is 0 Å². The van der Waals surface area contributed by atoms with Crippen molar-refractivity contribution >= 4 is 28.6 Å². The number of hydrogen-bond acceptors (Lipinski definition) is 5. The first-order chi connectivity index (χ1) is 14.8. The molecule has 1 aliphatic heterocycles. The van der Waals surface area contributed by atoms with Crippen LogP contribution in [0.25, 0.3) is 16.6 Å². The topological polar surface area (TPSA) is 64.4 Å². The van der Waals surface area contributed by atoms with E-state index < -0.39 is 0 Å². The van der Waals surface area contributed by atoms with Crippen LogP contribution in [0, 0.1) is 13.8 Å². The minimum Gasteiger partial charge on any atom is -0.372 e. The summed E-state index contributed by atoms with van der Waals surface area (Å²) in [6.45, 7) is 9.13. The summed E-state index contributed by atoms with van der Waals surface area (Å²) >= 11 is 1.31. The lowest BCUT2D eigenvalue weighted by atomic mass is 10.1. The molecule has 0 bridgehead atoms. The Hall–Kier alpha value is -2.64. The fraction of sp³-hybridized carbons (Fsp3) is 0.375. The molecule has 1 aromatic heterocycles. The van der Waals surface area contributed by atoms with Gasteiger partial charge in [-0.15, -0.1) is 0 Å². The highest BCUT2D eigenvalue weighted by molar-refractivity contribution is 7.99. The number of ether oxygens (including phenoxy) is 1. The van der Waals surface area contributed by atoms with E-state index in [0.29, 0.717) is 29.1 Å². The zero-order valence-corrected chi connectivity index (χ0v) is 19.1. The van der Waals surface area contributed by atoms with Crippen molar-refractivity contribution in [2.75, 3.05) is 18.8 Å². The first kappa shape index (κ1) is 21.6. The summed E-state index contributed by atoms with van der Waals surface area (Å²) in [6, 6.07) is 13.4. The Morgan fingerprint density at radius 3 is 2.42 bits per heavy atom. The molecular formula is C24H27N3O3S. The fourth-order valence-electron chi connectivity index (χ4n) is 4.12. The maximum Gasteiger partial charge on any atom is 0.266 e. The van der Waals surface area contributed by atoms with Gasteiger partial charge in [-0.25, -0.2) is 4.98 Å². The molecule has 2 heterocycles. The lowest BCUT2D eigenvalue weighted by Crippen LogP contribution is -2.48. The molecule has 31 heavy (non-hydrogen) atoms. The van der Waals surface area contributed by atoms with E-state index in [-0.39, 0.29) is 29.4 Å². The monoisotopic (exact) mass is 437 g/mol. The molecule has 0 N–H and O–H groups in total. The smallest absolute Gasteiger partial charge is 0.266 e. The molecular weight excluding hydrogens is 410 g/mol. The van der Waals surface area contributed by atoms with Gasteiger partial charge >= 0.3 is 0 Å². The number of para-hydroxylation sites is 1. The van der Waals surface area contributed by atoms with E-state index >= 15 is 0 Å². The number of amides is 1. The molecule has 2 aromatic carbocycles. The van der Waals surface area contributed by atoms with E-state index in [1.54, 1.807) is 10.6 Å². The molecule has 0 radical (unpaired) electrons. The number of hydrogen-bond donors (Lipinski definition) is 0. The molecule has 162 valence electrons. The zero-order valence-electron chi connectivity index (χ0n) is 18.3. The summed E-state index contributed by atoms with van der Waals surface area (Å²) in [5, 5.41) is 1.09. The summed E-state index contributed by atoms with van der Waals surface area (Å²) in [4.78, 5) is 32.9. The molecule has 2 unspecified atom stereocenters. The highest BCUT2D eigenvalue weighted by Crippen LogP contribution is 2.23. The van der Waals surface area contributed by atoms with Gasteiger partial charge < -0.3 is 9.64 Å². The van der Waals surface area contributed by atoms with Crippen molar-refractivity contribution in [3.05, 3.63) is 63.9 Å². The number of fused-ring (bicyclic) bond motifs is 1. The largest absolute Gasteiger partial charge is 0.372 e. The molecule has 0 spiro atoms. The molecule has 1 saturated heterocycles. The zero-order chi connectivity index (χ0) is 22.1. The second-order valence-corrected chi connectivity index (χ2v) is 9.19. The molecule has 1 amide bonds. The van der Waals surface area contributed by atoms with Gasteiger partial charge in [0.1, 0.15) is 0 Å². The van der Waals surface area contributed by atoms with Crippen LogP contribution < -0.4 is 5.56 Å². The van der Waals surface area contributed by atoms with Crippen molar-refractivity contribution < 1.29 is 9.53 Å². The number of benzene rings is 2. The van der Waals surface area contributed by atoms with Crippen molar-refractivity contribution in [2.45, 2.75) is 45.1 Å². The SMILES string of the molecule is Cc1cc(C)cc(-n2c(SCC(=O)N3CC(C)OC(C)C3)nc3ccccc3c2=O)c1. The fourth-order valence-corrected chi connectivity index (χ4v) is 5.03. The average Bonchev–Trinajstić information content (AvgIpc) is 2.70.